The molecule has 0 amide bonds. The zero-order valence-corrected chi connectivity index (χ0v) is 7.98. The summed E-state index contributed by atoms with van der Waals surface area (Å²) >= 11 is 5.62. The maximum absolute atomic E-state index is 5.62. The highest BCUT2D eigenvalue weighted by atomic mass is 35.5. The van der Waals surface area contributed by atoms with Crippen molar-refractivity contribution in [1.29, 1.82) is 0 Å². The van der Waals surface area contributed by atoms with Crippen LogP contribution in [0.3, 0.4) is 0 Å². The van der Waals surface area contributed by atoms with Crippen molar-refractivity contribution in [3.05, 3.63) is 11.6 Å². The molecule has 1 heterocycles. The van der Waals surface area contributed by atoms with Crippen molar-refractivity contribution in [1.82, 2.24) is 0 Å². The van der Waals surface area contributed by atoms with Crippen LogP contribution in [0.4, 0.5) is 0 Å². The summed E-state index contributed by atoms with van der Waals surface area (Å²) < 4.78 is 10.7. The molecule has 0 unspecified atom stereocenters. The van der Waals surface area contributed by atoms with Crippen molar-refractivity contribution in [2.24, 2.45) is 0 Å². The van der Waals surface area contributed by atoms with E-state index in [9.17, 15) is 0 Å². The van der Waals surface area contributed by atoms with E-state index in [1.54, 1.807) is 0 Å². The Hall–Kier alpha value is -0.0500. The van der Waals surface area contributed by atoms with Gasteiger partial charge in [-0.15, -0.1) is 0 Å². The standard InChI is InChI=1S/C9H15ClO2/c1-8(10)4-2-5-9-11-6-3-7-12-9/h9H,1-7H2. The van der Waals surface area contributed by atoms with E-state index in [4.69, 9.17) is 21.1 Å². The van der Waals surface area contributed by atoms with Gasteiger partial charge in [-0.25, -0.2) is 0 Å². The van der Waals surface area contributed by atoms with E-state index in [2.05, 4.69) is 6.58 Å². The van der Waals surface area contributed by atoms with Gasteiger partial charge in [-0.1, -0.05) is 18.2 Å². The van der Waals surface area contributed by atoms with Crippen molar-refractivity contribution in [2.75, 3.05) is 13.2 Å². The second-order valence-electron chi connectivity index (χ2n) is 2.93. The number of hydrogen-bond donors (Lipinski definition) is 0. The highest BCUT2D eigenvalue weighted by Crippen LogP contribution is 2.15. The molecule has 0 N–H and O–H groups in total. The molecule has 0 saturated carbocycles. The summed E-state index contributed by atoms with van der Waals surface area (Å²) in [4.78, 5) is 0. The molecule has 70 valence electrons. The summed E-state index contributed by atoms with van der Waals surface area (Å²) in [7, 11) is 0. The molecule has 1 fully saturated rings. The molecule has 0 radical (unpaired) electrons. The first-order valence-electron chi connectivity index (χ1n) is 4.35. The quantitative estimate of drug-likeness (QED) is 0.679. The van der Waals surface area contributed by atoms with Crippen LogP contribution in [-0.2, 0) is 9.47 Å². The Morgan fingerprint density at radius 1 is 1.42 bits per heavy atom. The third-order valence-corrected chi connectivity index (χ3v) is 1.97. The lowest BCUT2D eigenvalue weighted by atomic mass is 10.2. The third kappa shape index (κ3) is 4.10. The molecule has 1 rings (SSSR count). The Bertz CT molecular complexity index is 141. The number of allylic oxidation sites excluding steroid dienone is 1. The Morgan fingerprint density at radius 2 is 2.08 bits per heavy atom. The molecule has 1 aliphatic rings. The number of hydrogen-bond acceptors (Lipinski definition) is 2. The minimum absolute atomic E-state index is 0.00485. The minimum Gasteiger partial charge on any atom is -0.353 e. The molecular formula is C9H15ClO2. The van der Waals surface area contributed by atoms with Crippen LogP contribution in [0.15, 0.2) is 11.6 Å². The van der Waals surface area contributed by atoms with E-state index in [1.807, 2.05) is 0 Å². The zero-order valence-electron chi connectivity index (χ0n) is 7.22. The average Bonchev–Trinajstić information content (AvgIpc) is 2.05. The van der Waals surface area contributed by atoms with Crippen molar-refractivity contribution in [2.45, 2.75) is 32.0 Å². The first-order chi connectivity index (χ1) is 5.79. The van der Waals surface area contributed by atoms with Gasteiger partial charge in [0.05, 0.1) is 13.2 Å². The second kappa shape index (κ2) is 5.57. The molecule has 0 aromatic heterocycles. The lowest BCUT2D eigenvalue weighted by Crippen LogP contribution is -2.24. The Kier molecular flexibility index (Phi) is 4.66. The summed E-state index contributed by atoms with van der Waals surface area (Å²) in [5.41, 5.74) is 0. The Morgan fingerprint density at radius 3 is 2.67 bits per heavy atom. The SMILES string of the molecule is C=C(Cl)CCCC1OCCCO1. The maximum atomic E-state index is 5.62. The minimum atomic E-state index is -0.00485. The molecule has 3 heteroatoms. The highest BCUT2D eigenvalue weighted by molar-refractivity contribution is 6.29. The predicted octanol–water partition coefficient (Wildman–Crippen LogP) is 2.67. The summed E-state index contributed by atoms with van der Waals surface area (Å²) in [6.07, 6.45) is 3.78. The van der Waals surface area contributed by atoms with Crippen molar-refractivity contribution in [3.63, 3.8) is 0 Å². The fraction of sp³-hybridized carbons (Fsp3) is 0.778. The molecule has 0 atom stereocenters. The smallest absolute Gasteiger partial charge is 0.157 e. The lowest BCUT2D eigenvalue weighted by molar-refractivity contribution is -0.181. The van der Waals surface area contributed by atoms with Crippen molar-refractivity contribution < 1.29 is 9.47 Å². The molecule has 0 spiro atoms. The number of ether oxygens (including phenoxy) is 2. The van der Waals surface area contributed by atoms with Gasteiger partial charge in [0.1, 0.15) is 0 Å². The lowest BCUT2D eigenvalue weighted by Gasteiger charge is -2.22. The van der Waals surface area contributed by atoms with Crippen LogP contribution in [0.1, 0.15) is 25.7 Å². The first kappa shape index (κ1) is 10.0. The first-order valence-corrected chi connectivity index (χ1v) is 4.73. The van der Waals surface area contributed by atoms with E-state index in [1.165, 1.54) is 0 Å². The van der Waals surface area contributed by atoms with Crippen molar-refractivity contribution in [3.8, 4) is 0 Å². The van der Waals surface area contributed by atoms with Gasteiger partial charge in [-0.2, -0.15) is 0 Å². The maximum Gasteiger partial charge on any atom is 0.157 e. The predicted molar refractivity (Wildman–Crippen MR) is 49.2 cm³/mol. The van der Waals surface area contributed by atoms with Gasteiger partial charge in [-0.05, 0) is 25.7 Å². The molecule has 2 nitrogen and oxygen atoms in total. The monoisotopic (exact) mass is 190 g/mol. The summed E-state index contributed by atoms with van der Waals surface area (Å²) in [6, 6.07) is 0. The fourth-order valence-electron chi connectivity index (χ4n) is 1.16. The van der Waals surface area contributed by atoms with Crippen LogP contribution in [0.2, 0.25) is 0 Å². The largest absolute Gasteiger partial charge is 0.353 e. The zero-order chi connectivity index (χ0) is 8.81. The van der Waals surface area contributed by atoms with Gasteiger partial charge in [0.15, 0.2) is 6.29 Å². The normalized spacial score (nSPS) is 19.4. The summed E-state index contributed by atoms with van der Waals surface area (Å²) in [5.74, 6) is 0. The van der Waals surface area contributed by atoms with Crippen LogP contribution in [-0.4, -0.2) is 19.5 Å². The highest BCUT2D eigenvalue weighted by Gasteiger charge is 2.12. The Labute approximate surface area is 78.5 Å². The van der Waals surface area contributed by atoms with Gasteiger partial charge >= 0.3 is 0 Å². The van der Waals surface area contributed by atoms with Crippen LogP contribution >= 0.6 is 11.6 Å². The molecule has 1 saturated heterocycles. The summed E-state index contributed by atoms with van der Waals surface area (Å²) in [6.45, 7) is 5.27. The van der Waals surface area contributed by atoms with Gasteiger partial charge in [0, 0.05) is 5.03 Å². The van der Waals surface area contributed by atoms with Crippen LogP contribution < -0.4 is 0 Å². The van der Waals surface area contributed by atoms with E-state index in [0.29, 0.717) is 5.03 Å². The molecule has 0 bridgehead atoms. The molecule has 1 aliphatic heterocycles. The number of rotatable bonds is 4. The number of halogens is 1. The van der Waals surface area contributed by atoms with Crippen LogP contribution in [0, 0.1) is 0 Å². The second-order valence-corrected chi connectivity index (χ2v) is 3.47. The molecule has 0 aliphatic carbocycles. The van der Waals surface area contributed by atoms with Gasteiger partial charge in [0.25, 0.3) is 0 Å². The average molecular weight is 191 g/mol. The van der Waals surface area contributed by atoms with Gasteiger partial charge in [-0.3, -0.25) is 0 Å². The van der Waals surface area contributed by atoms with Crippen LogP contribution in [0.5, 0.6) is 0 Å². The van der Waals surface area contributed by atoms with E-state index in [0.717, 1.165) is 38.9 Å². The molecule has 12 heavy (non-hydrogen) atoms. The van der Waals surface area contributed by atoms with Crippen molar-refractivity contribution >= 4 is 11.6 Å². The van der Waals surface area contributed by atoms with Gasteiger partial charge < -0.3 is 9.47 Å². The summed E-state index contributed by atoms with van der Waals surface area (Å²) in [5, 5.41) is 0.714. The van der Waals surface area contributed by atoms with E-state index >= 15 is 0 Å². The topological polar surface area (TPSA) is 18.5 Å². The molecule has 0 aromatic rings. The van der Waals surface area contributed by atoms with E-state index < -0.39 is 0 Å². The van der Waals surface area contributed by atoms with E-state index in [-0.39, 0.29) is 6.29 Å². The molecule has 0 aromatic carbocycles. The fourth-order valence-corrected chi connectivity index (χ4v) is 1.30. The van der Waals surface area contributed by atoms with Gasteiger partial charge in [0.2, 0.25) is 0 Å². The molecular weight excluding hydrogens is 176 g/mol. The third-order valence-electron chi connectivity index (χ3n) is 1.78. The van der Waals surface area contributed by atoms with Crippen LogP contribution in [0.25, 0.3) is 0 Å². The Balaban J connectivity index is 2.01.